The summed E-state index contributed by atoms with van der Waals surface area (Å²) < 4.78 is 0. The molecule has 0 aliphatic heterocycles. The Labute approximate surface area is 121 Å². The van der Waals surface area contributed by atoms with Crippen molar-refractivity contribution in [3.05, 3.63) is 41.1 Å². The molecule has 1 aliphatic carbocycles. The number of fused-ring (bicyclic) bond motifs is 5. The van der Waals surface area contributed by atoms with Crippen molar-refractivity contribution >= 4 is 16.8 Å². The molecular formula is C16H16N4O. The lowest BCUT2D eigenvalue weighted by molar-refractivity contribution is -0.117. The van der Waals surface area contributed by atoms with Crippen LogP contribution < -0.4 is 5.73 Å². The summed E-state index contributed by atoms with van der Waals surface area (Å²) in [4.78, 5) is 14.6. The second-order valence-electron chi connectivity index (χ2n) is 5.63. The van der Waals surface area contributed by atoms with E-state index in [4.69, 9.17) is 5.73 Å². The fraction of sp³-hybridized carbons (Fsp3) is 0.250. The number of carbonyl (C=O) groups excluding carboxylic acids is 1. The molecule has 1 amide bonds. The predicted octanol–water partition coefficient (Wildman–Crippen LogP) is 2.07. The van der Waals surface area contributed by atoms with Crippen molar-refractivity contribution in [2.45, 2.75) is 25.7 Å². The van der Waals surface area contributed by atoms with Crippen LogP contribution in [0.4, 0.5) is 0 Å². The van der Waals surface area contributed by atoms with Crippen molar-refractivity contribution < 1.29 is 4.79 Å². The summed E-state index contributed by atoms with van der Waals surface area (Å²) in [5.41, 5.74) is 12.1. The monoisotopic (exact) mass is 280 g/mol. The van der Waals surface area contributed by atoms with E-state index in [2.05, 4.69) is 21.2 Å². The highest BCUT2D eigenvalue weighted by molar-refractivity contribution is 5.92. The van der Waals surface area contributed by atoms with Crippen LogP contribution in [0, 0.1) is 0 Å². The van der Waals surface area contributed by atoms with Crippen LogP contribution in [0.3, 0.4) is 0 Å². The summed E-state index contributed by atoms with van der Waals surface area (Å²) in [6.07, 6.45) is 5.36. The van der Waals surface area contributed by atoms with Gasteiger partial charge >= 0.3 is 0 Å². The number of aryl methyl sites for hydroxylation is 2. The van der Waals surface area contributed by atoms with Gasteiger partial charge < -0.3 is 10.7 Å². The van der Waals surface area contributed by atoms with E-state index >= 15 is 0 Å². The van der Waals surface area contributed by atoms with Crippen molar-refractivity contribution in [1.82, 2.24) is 15.2 Å². The van der Waals surface area contributed by atoms with Gasteiger partial charge in [0.1, 0.15) is 0 Å². The van der Waals surface area contributed by atoms with E-state index in [0.717, 1.165) is 41.7 Å². The Kier molecular flexibility index (Phi) is 2.60. The number of nitrogens with two attached hydrogens (primary N) is 1. The Hall–Kier alpha value is -2.56. The zero-order chi connectivity index (χ0) is 14.4. The average molecular weight is 280 g/mol. The Balaban J connectivity index is 1.92. The summed E-state index contributed by atoms with van der Waals surface area (Å²) >= 11 is 0. The van der Waals surface area contributed by atoms with Crippen LogP contribution in [-0.2, 0) is 24.1 Å². The number of hydrogen-bond donors (Lipinski definition) is 3. The van der Waals surface area contributed by atoms with Crippen molar-refractivity contribution in [3.8, 4) is 11.4 Å². The molecule has 21 heavy (non-hydrogen) atoms. The molecule has 2 aromatic heterocycles. The number of hydrogen-bond acceptors (Lipinski definition) is 2. The maximum Gasteiger partial charge on any atom is 0.221 e. The van der Waals surface area contributed by atoms with Gasteiger partial charge in [-0.3, -0.25) is 9.89 Å². The van der Waals surface area contributed by atoms with Crippen LogP contribution >= 0.6 is 0 Å². The van der Waals surface area contributed by atoms with E-state index in [9.17, 15) is 4.79 Å². The highest BCUT2D eigenvalue weighted by atomic mass is 16.1. The fourth-order valence-corrected chi connectivity index (χ4v) is 3.25. The number of nitrogens with one attached hydrogen (secondary N) is 2. The molecule has 4 N–H and O–H groups in total. The van der Waals surface area contributed by atoms with E-state index in [0.29, 0.717) is 0 Å². The van der Waals surface area contributed by atoms with Crippen LogP contribution in [0.2, 0.25) is 0 Å². The van der Waals surface area contributed by atoms with E-state index in [1.807, 2.05) is 18.3 Å². The number of nitrogens with zero attached hydrogens (tertiary/aromatic N) is 1. The molecule has 4 rings (SSSR count). The van der Waals surface area contributed by atoms with Gasteiger partial charge in [-0.05, 0) is 48.1 Å². The molecule has 0 spiro atoms. The SMILES string of the molecule is NC(=O)Cc1ccc2[nH]c3c(c2c1)CCCc1cn[nH]c1-3. The Morgan fingerprint density at radius 1 is 1.29 bits per heavy atom. The van der Waals surface area contributed by atoms with E-state index < -0.39 is 0 Å². The lowest BCUT2D eigenvalue weighted by atomic mass is 10.0. The number of H-pyrrole nitrogens is 2. The lowest BCUT2D eigenvalue weighted by Gasteiger charge is -2.01. The van der Waals surface area contributed by atoms with Gasteiger partial charge in [0.15, 0.2) is 0 Å². The highest BCUT2D eigenvalue weighted by Gasteiger charge is 2.20. The minimum atomic E-state index is -0.299. The molecule has 5 heteroatoms. The number of primary amides is 1. The molecule has 0 radical (unpaired) electrons. The van der Waals surface area contributed by atoms with Crippen LogP contribution in [0.1, 0.15) is 23.1 Å². The first-order valence-corrected chi connectivity index (χ1v) is 7.17. The zero-order valence-electron chi connectivity index (χ0n) is 11.6. The van der Waals surface area contributed by atoms with E-state index in [-0.39, 0.29) is 12.3 Å². The van der Waals surface area contributed by atoms with Crippen molar-refractivity contribution in [2.75, 3.05) is 0 Å². The third-order valence-electron chi connectivity index (χ3n) is 4.19. The third-order valence-corrected chi connectivity index (χ3v) is 4.19. The highest BCUT2D eigenvalue weighted by Crippen LogP contribution is 2.35. The molecule has 1 aromatic carbocycles. The van der Waals surface area contributed by atoms with Crippen molar-refractivity contribution in [1.29, 1.82) is 0 Å². The smallest absolute Gasteiger partial charge is 0.221 e. The fourth-order valence-electron chi connectivity index (χ4n) is 3.25. The first kappa shape index (κ1) is 12.2. The minimum Gasteiger partial charge on any atom is -0.369 e. The molecule has 5 nitrogen and oxygen atoms in total. The number of amides is 1. The first-order chi connectivity index (χ1) is 10.2. The average Bonchev–Trinajstić information content (AvgIpc) is 3.00. The second kappa shape index (κ2) is 4.48. The molecule has 0 atom stereocenters. The molecular weight excluding hydrogens is 264 g/mol. The molecule has 2 heterocycles. The van der Waals surface area contributed by atoms with Gasteiger partial charge in [-0.25, -0.2) is 0 Å². The number of aromatic nitrogens is 3. The van der Waals surface area contributed by atoms with Crippen LogP contribution in [0.25, 0.3) is 22.3 Å². The molecule has 0 bridgehead atoms. The van der Waals surface area contributed by atoms with Crippen molar-refractivity contribution in [3.63, 3.8) is 0 Å². The first-order valence-electron chi connectivity index (χ1n) is 7.17. The zero-order valence-corrected chi connectivity index (χ0v) is 11.6. The third kappa shape index (κ3) is 1.93. The van der Waals surface area contributed by atoms with Gasteiger partial charge in [0.05, 0.1) is 24.0 Å². The topological polar surface area (TPSA) is 87.6 Å². The van der Waals surface area contributed by atoms with Gasteiger partial charge in [0.2, 0.25) is 5.91 Å². The molecule has 0 unspecified atom stereocenters. The Bertz CT molecular complexity index is 843. The standard InChI is InChI=1S/C16H16N4O/c17-14(21)7-9-4-5-13-12(6-9)11-3-1-2-10-8-18-20-15(10)16(11)19-13/h4-6,8,19H,1-3,7H2,(H2,17,21)(H,18,20). The maximum absolute atomic E-state index is 11.1. The summed E-state index contributed by atoms with van der Waals surface area (Å²) in [5.74, 6) is -0.299. The van der Waals surface area contributed by atoms with Gasteiger partial charge in [-0.15, -0.1) is 0 Å². The van der Waals surface area contributed by atoms with Gasteiger partial charge in [-0.2, -0.15) is 5.10 Å². The molecule has 0 saturated carbocycles. The molecule has 0 saturated heterocycles. The molecule has 3 aromatic rings. The van der Waals surface area contributed by atoms with Gasteiger partial charge in [-0.1, -0.05) is 6.07 Å². The number of carbonyl (C=O) groups is 1. The van der Waals surface area contributed by atoms with E-state index in [1.165, 1.54) is 16.5 Å². The van der Waals surface area contributed by atoms with Crippen molar-refractivity contribution in [2.24, 2.45) is 5.73 Å². The normalized spacial score (nSPS) is 13.7. The number of rotatable bonds is 2. The summed E-state index contributed by atoms with van der Waals surface area (Å²) in [5, 5.41) is 8.46. The Morgan fingerprint density at radius 2 is 2.19 bits per heavy atom. The predicted molar refractivity (Wildman–Crippen MR) is 80.8 cm³/mol. The van der Waals surface area contributed by atoms with Gasteiger partial charge in [0.25, 0.3) is 0 Å². The van der Waals surface area contributed by atoms with Gasteiger partial charge in [0, 0.05) is 10.9 Å². The minimum absolute atomic E-state index is 0.283. The van der Waals surface area contributed by atoms with Crippen LogP contribution in [0.15, 0.2) is 24.4 Å². The molecule has 0 fully saturated rings. The number of aromatic amines is 2. The van der Waals surface area contributed by atoms with Crippen LogP contribution in [-0.4, -0.2) is 21.1 Å². The second-order valence-corrected chi connectivity index (χ2v) is 5.63. The van der Waals surface area contributed by atoms with Crippen LogP contribution in [0.5, 0.6) is 0 Å². The summed E-state index contributed by atoms with van der Waals surface area (Å²) in [7, 11) is 0. The quantitative estimate of drug-likeness (QED) is 0.671. The Morgan fingerprint density at radius 3 is 3.05 bits per heavy atom. The summed E-state index contributed by atoms with van der Waals surface area (Å²) in [6.45, 7) is 0. The number of benzene rings is 1. The van der Waals surface area contributed by atoms with E-state index in [1.54, 1.807) is 0 Å². The largest absolute Gasteiger partial charge is 0.369 e. The lowest BCUT2D eigenvalue weighted by Crippen LogP contribution is -2.13. The maximum atomic E-state index is 11.1. The summed E-state index contributed by atoms with van der Waals surface area (Å²) in [6, 6.07) is 6.06. The molecule has 106 valence electrons. The molecule has 1 aliphatic rings.